The topological polar surface area (TPSA) is 209 Å². The molecule has 0 amide bonds. The highest BCUT2D eigenvalue weighted by Crippen LogP contribution is 2.32. The third-order valence-electron chi connectivity index (χ3n) is 7.13. The number of para-hydroxylation sites is 3. The lowest BCUT2D eigenvalue weighted by atomic mass is 9.90. The van der Waals surface area contributed by atoms with Gasteiger partial charge < -0.3 is 20.2 Å². The Labute approximate surface area is 332 Å². The number of allylic oxidation sites excluding steroid dienone is 5. The lowest BCUT2D eigenvalue weighted by Gasteiger charge is -2.15. The van der Waals surface area contributed by atoms with E-state index in [2.05, 4.69) is 150 Å². The van der Waals surface area contributed by atoms with Crippen molar-refractivity contribution in [2.45, 2.75) is 0 Å². The highest BCUT2D eigenvalue weighted by atomic mass is 32.2. The molecule has 1 aliphatic carbocycles. The number of rotatable bonds is 10. The SMILES string of the molecule is C1=CC(=C(c2ccc(Nc3ccccc3)cc2)c2ccc(Nc3ccccc3)cc2)C=CC1=[NH+]c1ccccc1.CS(=O)(=O)ON.CS(=O)(=O)ON.CSO[O-]. The fraction of sp³-hybridized carbons (Fsp3) is 0.0750. The number of nitrogens with two attached hydrogens (primary N) is 2. The third kappa shape index (κ3) is 17.4. The van der Waals surface area contributed by atoms with Crippen LogP contribution in [-0.4, -0.2) is 41.3 Å². The van der Waals surface area contributed by atoms with Gasteiger partial charge in [-0.1, -0.05) is 78.9 Å². The Morgan fingerprint density at radius 2 is 0.893 bits per heavy atom. The molecule has 0 fully saturated rings. The second-order valence-electron chi connectivity index (χ2n) is 11.4. The molecule has 5 aromatic carbocycles. The van der Waals surface area contributed by atoms with Gasteiger partial charge in [0.05, 0.1) is 12.5 Å². The first kappa shape index (κ1) is 45.0. The first-order valence-electron chi connectivity index (χ1n) is 16.5. The molecule has 16 heteroatoms. The first-order chi connectivity index (χ1) is 26.8. The summed E-state index contributed by atoms with van der Waals surface area (Å²) in [5.41, 5.74) is 11.0. The van der Waals surface area contributed by atoms with Crippen LogP contribution in [0.15, 0.2) is 169 Å². The van der Waals surface area contributed by atoms with Crippen LogP contribution in [0.1, 0.15) is 11.1 Å². The second kappa shape index (κ2) is 23.5. The van der Waals surface area contributed by atoms with E-state index >= 15 is 0 Å². The number of benzene rings is 5. The van der Waals surface area contributed by atoms with E-state index in [0.717, 1.165) is 75.4 Å². The van der Waals surface area contributed by atoms with Gasteiger partial charge in [0.25, 0.3) is 20.2 Å². The van der Waals surface area contributed by atoms with Crippen LogP contribution < -0.4 is 32.7 Å². The summed E-state index contributed by atoms with van der Waals surface area (Å²) < 4.78 is 48.6. The van der Waals surface area contributed by atoms with Gasteiger partial charge in [-0.15, -0.1) is 0 Å². The molecule has 0 aromatic heterocycles. The van der Waals surface area contributed by atoms with Gasteiger partial charge in [-0.05, 0) is 95.0 Å². The highest BCUT2D eigenvalue weighted by molar-refractivity contribution is 7.93. The van der Waals surface area contributed by atoms with Crippen molar-refractivity contribution in [3.8, 4) is 0 Å². The lowest BCUT2D eigenvalue weighted by Crippen LogP contribution is -2.65. The van der Waals surface area contributed by atoms with E-state index in [0.29, 0.717) is 0 Å². The molecule has 0 aliphatic heterocycles. The maximum atomic E-state index is 9.65. The predicted octanol–water partition coefficient (Wildman–Crippen LogP) is 5.18. The molecule has 0 atom stereocenters. The van der Waals surface area contributed by atoms with Crippen molar-refractivity contribution >= 4 is 72.0 Å². The zero-order valence-electron chi connectivity index (χ0n) is 30.7. The van der Waals surface area contributed by atoms with Crippen LogP contribution in [0.3, 0.4) is 0 Å². The van der Waals surface area contributed by atoms with Crippen LogP contribution in [0.4, 0.5) is 28.4 Å². The molecule has 0 saturated carbocycles. The van der Waals surface area contributed by atoms with Crippen molar-refractivity contribution in [3.63, 3.8) is 0 Å². The monoisotopic (exact) mass is 817 g/mol. The standard InChI is InChI=1S/C37H29N3.2CH5NO3S.CH4O2S/c1-4-10-31(11-5-1)38-34-22-16-28(17-23-34)37(29-18-24-35(25-19-29)39-32-12-6-2-7-13-32)30-20-26-36(27-21-30)40-33-14-8-3-9-15-33;2*1-6(3,4)5-2;1-4-3-2/h1-27,38-39H;2*2H2,1H3;2H,1H3. The third-order valence-corrected chi connectivity index (χ3v) is 7.96. The largest absolute Gasteiger partial charge is 0.711 e. The van der Waals surface area contributed by atoms with Crippen molar-refractivity contribution < 1.29 is 40.0 Å². The Morgan fingerprint density at radius 1 is 0.571 bits per heavy atom. The van der Waals surface area contributed by atoms with Crippen molar-refractivity contribution in [1.29, 1.82) is 0 Å². The van der Waals surface area contributed by atoms with Gasteiger partial charge in [0, 0.05) is 53.3 Å². The average Bonchev–Trinajstić information content (AvgIpc) is 3.21. The van der Waals surface area contributed by atoms with Gasteiger partial charge in [-0.25, -0.2) is 4.99 Å². The summed E-state index contributed by atoms with van der Waals surface area (Å²) in [6.45, 7) is 0. The molecule has 0 spiro atoms. The fourth-order valence-corrected chi connectivity index (χ4v) is 4.73. The van der Waals surface area contributed by atoms with Crippen LogP contribution in [-0.2, 0) is 33.1 Å². The molecule has 7 N–H and O–H groups in total. The summed E-state index contributed by atoms with van der Waals surface area (Å²) in [6.07, 6.45) is 11.9. The lowest BCUT2D eigenvalue weighted by molar-refractivity contribution is -0.629. The molecule has 0 heterocycles. The second-order valence-corrected chi connectivity index (χ2v) is 15.1. The summed E-state index contributed by atoms with van der Waals surface area (Å²) >= 11 is 0.801. The summed E-state index contributed by atoms with van der Waals surface area (Å²) in [5, 5.41) is 15.7. The average molecular weight is 818 g/mol. The minimum absolute atomic E-state index is 0.801. The Balaban J connectivity index is 0.000000445. The van der Waals surface area contributed by atoms with E-state index in [4.69, 9.17) is 5.26 Å². The van der Waals surface area contributed by atoms with Gasteiger partial charge in [-0.3, -0.25) is 0 Å². The zero-order chi connectivity index (χ0) is 40.8. The van der Waals surface area contributed by atoms with Gasteiger partial charge in [0.15, 0.2) is 0 Å². The van der Waals surface area contributed by atoms with Crippen molar-refractivity contribution in [3.05, 3.63) is 181 Å². The van der Waals surface area contributed by atoms with E-state index in [-0.39, 0.29) is 0 Å². The van der Waals surface area contributed by atoms with Crippen LogP contribution in [0.5, 0.6) is 0 Å². The number of hydrogen-bond donors (Lipinski definition) is 5. The van der Waals surface area contributed by atoms with Crippen LogP contribution in [0, 0.1) is 0 Å². The first-order valence-corrected chi connectivity index (χ1v) is 21.3. The molecule has 0 saturated heterocycles. The van der Waals surface area contributed by atoms with E-state index in [9.17, 15) is 16.8 Å². The van der Waals surface area contributed by atoms with Crippen molar-refractivity contribution in [1.82, 2.24) is 0 Å². The van der Waals surface area contributed by atoms with E-state index in [1.165, 1.54) is 5.57 Å². The highest BCUT2D eigenvalue weighted by Gasteiger charge is 2.13. The molecular formula is C40H43N5O8S3. The summed E-state index contributed by atoms with van der Waals surface area (Å²) in [4.78, 5) is 3.49. The normalized spacial score (nSPS) is 11.8. The molecular weight excluding hydrogens is 775 g/mol. The van der Waals surface area contributed by atoms with Gasteiger partial charge in [0.2, 0.25) is 11.4 Å². The predicted molar refractivity (Wildman–Crippen MR) is 224 cm³/mol. The van der Waals surface area contributed by atoms with Gasteiger partial charge >= 0.3 is 0 Å². The molecule has 13 nitrogen and oxygen atoms in total. The molecule has 5 aromatic rings. The minimum atomic E-state index is -3.38. The van der Waals surface area contributed by atoms with Crippen molar-refractivity contribution in [2.75, 3.05) is 29.4 Å². The summed E-state index contributed by atoms with van der Waals surface area (Å²) in [7, 11) is -6.77. The molecule has 1 aliphatic rings. The van der Waals surface area contributed by atoms with E-state index < -0.39 is 20.2 Å². The van der Waals surface area contributed by atoms with Gasteiger partial charge in [0.1, 0.15) is 0 Å². The van der Waals surface area contributed by atoms with Crippen molar-refractivity contribution in [2.24, 2.45) is 11.8 Å². The summed E-state index contributed by atoms with van der Waals surface area (Å²) in [6, 6.07) is 48.0. The molecule has 56 heavy (non-hydrogen) atoms. The summed E-state index contributed by atoms with van der Waals surface area (Å²) in [5.74, 6) is 8.44. The molecule has 294 valence electrons. The smallest absolute Gasteiger partial charge is 0.280 e. The van der Waals surface area contributed by atoms with E-state index in [1.807, 2.05) is 54.6 Å². The zero-order valence-corrected chi connectivity index (χ0v) is 33.2. The van der Waals surface area contributed by atoms with Crippen LogP contribution in [0.25, 0.3) is 5.57 Å². The quantitative estimate of drug-likeness (QED) is 0.0700. The van der Waals surface area contributed by atoms with E-state index in [1.54, 1.807) is 6.26 Å². The Morgan fingerprint density at radius 3 is 1.21 bits per heavy atom. The van der Waals surface area contributed by atoms with Crippen LogP contribution in [0.2, 0.25) is 0 Å². The Kier molecular flexibility index (Phi) is 18.9. The van der Waals surface area contributed by atoms with Crippen LogP contribution >= 0.6 is 12.0 Å². The fourth-order valence-electron chi connectivity index (χ4n) is 4.73. The molecule has 0 bridgehead atoms. The number of anilines is 4. The maximum absolute atomic E-state index is 9.65. The minimum Gasteiger partial charge on any atom is -0.711 e. The molecule has 0 unspecified atom stereocenters. The molecule has 6 rings (SSSR count). The number of nitrogens with one attached hydrogen (secondary N) is 3. The number of hydrogen-bond acceptors (Lipinski definition) is 13. The van der Waals surface area contributed by atoms with Gasteiger partial charge in [-0.2, -0.15) is 37.2 Å². The Hall–Kier alpha value is -5.40. The molecule has 0 radical (unpaired) electrons. The Bertz CT molecular complexity index is 2130. The maximum Gasteiger partial charge on any atom is 0.280 e.